The zero-order valence-electron chi connectivity index (χ0n) is 13.2. The van der Waals surface area contributed by atoms with Gasteiger partial charge in [0.05, 0.1) is 4.47 Å². The number of halogens is 3. The van der Waals surface area contributed by atoms with Gasteiger partial charge < -0.3 is 5.32 Å². The van der Waals surface area contributed by atoms with Crippen LogP contribution in [0.5, 0.6) is 0 Å². The molecule has 0 spiro atoms. The Hall–Kier alpha value is -0.480. The Morgan fingerprint density at radius 1 is 1.19 bits per heavy atom. The van der Waals surface area contributed by atoms with Crippen molar-refractivity contribution in [2.75, 3.05) is 6.54 Å². The third kappa shape index (κ3) is 5.33. The molecular weight excluding hydrogens is 336 g/mol. The van der Waals surface area contributed by atoms with Crippen molar-refractivity contribution in [2.45, 2.75) is 58.9 Å². The van der Waals surface area contributed by atoms with E-state index in [1.165, 1.54) is 12.1 Å². The van der Waals surface area contributed by atoms with Gasteiger partial charge in [-0.05, 0) is 53.4 Å². The second-order valence-electron chi connectivity index (χ2n) is 5.50. The van der Waals surface area contributed by atoms with Crippen LogP contribution in [0.4, 0.5) is 8.78 Å². The van der Waals surface area contributed by atoms with Crippen LogP contribution in [0.3, 0.4) is 0 Å². The molecule has 1 nitrogen and oxygen atoms in total. The van der Waals surface area contributed by atoms with E-state index in [9.17, 15) is 8.78 Å². The zero-order valence-corrected chi connectivity index (χ0v) is 14.8. The predicted octanol–water partition coefficient (Wildman–Crippen LogP) is 5.46. The van der Waals surface area contributed by atoms with Gasteiger partial charge in [-0.1, -0.05) is 40.0 Å². The second-order valence-corrected chi connectivity index (χ2v) is 6.35. The van der Waals surface area contributed by atoms with Gasteiger partial charge in [0.15, 0.2) is 0 Å². The molecule has 0 aliphatic rings. The van der Waals surface area contributed by atoms with Gasteiger partial charge in [-0.3, -0.25) is 0 Å². The highest BCUT2D eigenvalue weighted by molar-refractivity contribution is 9.10. The molecule has 0 heterocycles. The predicted molar refractivity (Wildman–Crippen MR) is 88.5 cm³/mol. The van der Waals surface area contributed by atoms with Crippen LogP contribution in [0.1, 0.15) is 52.0 Å². The molecule has 1 N–H and O–H groups in total. The van der Waals surface area contributed by atoms with Crippen LogP contribution in [-0.4, -0.2) is 12.6 Å². The lowest BCUT2D eigenvalue weighted by Crippen LogP contribution is -2.38. The topological polar surface area (TPSA) is 12.0 Å². The summed E-state index contributed by atoms with van der Waals surface area (Å²) in [5.41, 5.74) is 0.185. The molecule has 0 radical (unpaired) electrons. The minimum atomic E-state index is -0.469. The van der Waals surface area contributed by atoms with E-state index in [0.717, 1.165) is 32.2 Å². The summed E-state index contributed by atoms with van der Waals surface area (Å²) in [4.78, 5) is 0. The van der Waals surface area contributed by atoms with Crippen molar-refractivity contribution in [3.8, 4) is 0 Å². The highest BCUT2D eigenvalue weighted by Gasteiger charge is 2.23. The molecule has 0 aliphatic heterocycles. The van der Waals surface area contributed by atoms with Crippen molar-refractivity contribution < 1.29 is 8.78 Å². The first-order valence-corrected chi connectivity index (χ1v) is 8.70. The fourth-order valence-corrected chi connectivity index (χ4v) is 3.17. The maximum atomic E-state index is 14.2. The largest absolute Gasteiger partial charge is 0.314 e. The molecule has 0 aliphatic carbocycles. The van der Waals surface area contributed by atoms with Crippen LogP contribution in [-0.2, 0) is 6.42 Å². The smallest absolute Gasteiger partial charge is 0.143 e. The molecule has 2 atom stereocenters. The highest BCUT2D eigenvalue weighted by Crippen LogP contribution is 2.26. The van der Waals surface area contributed by atoms with Gasteiger partial charge in [0.2, 0.25) is 0 Å². The molecule has 2 unspecified atom stereocenters. The lowest BCUT2D eigenvalue weighted by Gasteiger charge is -2.27. The fraction of sp³-hybridized carbons (Fsp3) is 0.647. The number of hydrogen-bond acceptors (Lipinski definition) is 1. The van der Waals surface area contributed by atoms with Gasteiger partial charge in [0.25, 0.3) is 0 Å². The molecule has 120 valence electrons. The Kier molecular flexibility index (Phi) is 8.42. The fourth-order valence-electron chi connectivity index (χ4n) is 2.80. The van der Waals surface area contributed by atoms with Gasteiger partial charge in [-0.2, -0.15) is 0 Å². The third-order valence-electron chi connectivity index (χ3n) is 4.05. The van der Waals surface area contributed by atoms with E-state index in [-0.39, 0.29) is 11.6 Å². The first kappa shape index (κ1) is 18.6. The standard InChI is InChI=1S/C17H26BrF2N/c1-4-7-8-12(5-2)16(21-6-3)11-13-15(19)10-9-14(18)17(13)20/h9-10,12,16,21H,4-8,11H2,1-3H3. The molecule has 21 heavy (non-hydrogen) atoms. The Labute approximate surface area is 135 Å². The zero-order chi connectivity index (χ0) is 15.8. The molecule has 1 rings (SSSR count). The number of benzene rings is 1. The van der Waals surface area contributed by atoms with E-state index in [1.807, 2.05) is 6.92 Å². The van der Waals surface area contributed by atoms with Gasteiger partial charge in [0.1, 0.15) is 11.6 Å². The number of likely N-dealkylation sites (N-methyl/N-ethyl adjacent to an activating group) is 1. The lowest BCUT2D eigenvalue weighted by atomic mass is 9.87. The van der Waals surface area contributed by atoms with E-state index in [2.05, 4.69) is 35.1 Å². The van der Waals surface area contributed by atoms with Crippen LogP contribution in [0.2, 0.25) is 0 Å². The molecule has 0 amide bonds. The van der Waals surface area contributed by atoms with Crippen molar-refractivity contribution in [1.29, 1.82) is 0 Å². The summed E-state index contributed by atoms with van der Waals surface area (Å²) in [6.07, 6.45) is 4.82. The number of hydrogen-bond donors (Lipinski definition) is 1. The minimum absolute atomic E-state index is 0.116. The van der Waals surface area contributed by atoms with Crippen molar-refractivity contribution in [2.24, 2.45) is 5.92 Å². The summed E-state index contributed by atoms with van der Waals surface area (Å²) in [7, 11) is 0. The Bertz CT molecular complexity index is 437. The van der Waals surface area contributed by atoms with Gasteiger partial charge >= 0.3 is 0 Å². The molecule has 0 fully saturated rings. The average molecular weight is 362 g/mol. The Morgan fingerprint density at radius 2 is 1.90 bits per heavy atom. The summed E-state index contributed by atoms with van der Waals surface area (Å²) >= 11 is 3.14. The molecule has 0 saturated carbocycles. The molecule has 4 heteroatoms. The molecule has 0 saturated heterocycles. The number of rotatable bonds is 9. The minimum Gasteiger partial charge on any atom is -0.314 e. The van der Waals surface area contributed by atoms with Crippen molar-refractivity contribution in [3.63, 3.8) is 0 Å². The van der Waals surface area contributed by atoms with Gasteiger partial charge in [-0.15, -0.1) is 0 Å². The lowest BCUT2D eigenvalue weighted by molar-refractivity contribution is 0.314. The van der Waals surface area contributed by atoms with E-state index < -0.39 is 11.6 Å². The summed E-state index contributed by atoms with van der Waals surface area (Å²) in [5, 5.41) is 3.42. The van der Waals surface area contributed by atoms with Crippen LogP contribution >= 0.6 is 15.9 Å². The second kappa shape index (κ2) is 9.52. The van der Waals surface area contributed by atoms with Crippen LogP contribution in [0, 0.1) is 17.6 Å². The van der Waals surface area contributed by atoms with Crippen molar-refractivity contribution >= 4 is 15.9 Å². The normalized spacial score (nSPS) is 14.2. The maximum Gasteiger partial charge on any atom is 0.143 e. The summed E-state index contributed by atoms with van der Waals surface area (Å²) in [6, 6.07) is 2.87. The number of unbranched alkanes of at least 4 members (excludes halogenated alkanes) is 1. The summed E-state index contributed by atoms with van der Waals surface area (Å²) in [6.45, 7) is 7.17. The molecule has 0 aromatic heterocycles. The molecule has 1 aromatic carbocycles. The van der Waals surface area contributed by atoms with Crippen molar-refractivity contribution in [3.05, 3.63) is 33.8 Å². The SMILES string of the molecule is CCCCC(CC)C(Cc1c(F)ccc(Br)c1F)NCC. The van der Waals surface area contributed by atoms with Crippen LogP contribution < -0.4 is 5.32 Å². The Morgan fingerprint density at radius 3 is 2.48 bits per heavy atom. The average Bonchev–Trinajstić information content (AvgIpc) is 2.48. The monoisotopic (exact) mass is 361 g/mol. The maximum absolute atomic E-state index is 14.2. The molecule has 0 bridgehead atoms. The summed E-state index contributed by atoms with van der Waals surface area (Å²) in [5.74, 6) is -0.477. The molecular formula is C17H26BrF2N. The third-order valence-corrected chi connectivity index (χ3v) is 4.66. The first-order chi connectivity index (χ1) is 10.0. The van der Waals surface area contributed by atoms with Crippen LogP contribution in [0.25, 0.3) is 0 Å². The van der Waals surface area contributed by atoms with Crippen molar-refractivity contribution in [1.82, 2.24) is 5.32 Å². The van der Waals surface area contributed by atoms with Gasteiger partial charge in [0, 0.05) is 11.6 Å². The quantitative estimate of drug-likeness (QED) is 0.575. The van der Waals surface area contributed by atoms with E-state index in [4.69, 9.17) is 0 Å². The van der Waals surface area contributed by atoms with Crippen LogP contribution in [0.15, 0.2) is 16.6 Å². The highest BCUT2D eigenvalue weighted by atomic mass is 79.9. The van der Waals surface area contributed by atoms with Gasteiger partial charge in [-0.25, -0.2) is 8.78 Å². The Balaban J connectivity index is 2.94. The first-order valence-electron chi connectivity index (χ1n) is 7.90. The van der Waals surface area contributed by atoms with E-state index in [1.54, 1.807) is 0 Å². The van der Waals surface area contributed by atoms with E-state index >= 15 is 0 Å². The number of nitrogens with one attached hydrogen (secondary N) is 1. The molecule has 1 aromatic rings. The van der Waals surface area contributed by atoms with E-state index in [0.29, 0.717) is 16.8 Å². The summed E-state index contributed by atoms with van der Waals surface area (Å²) < 4.78 is 28.5.